The fraction of sp³-hybridized carbons (Fsp3) is 0.185. The van der Waals surface area contributed by atoms with Crippen molar-refractivity contribution in [3.63, 3.8) is 0 Å². The summed E-state index contributed by atoms with van der Waals surface area (Å²) < 4.78 is 11.3. The van der Waals surface area contributed by atoms with Gasteiger partial charge in [0.25, 0.3) is 5.91 Å². The molecule has 8 heteroatoms. The Hall–Kier alpha value is -3.97. The van der Waals surface area contributed by atoms with Gasteiger partial charge in [0, 0.05) is 28.3 Å². The molecule has 0 spiro atoms. The van der Waals surface area contributed by atoms with E-state index in [1.807, 2.05) is 44.2 Å². The first-order valence-electron chi connectivity index (χ1n) is 11.1. The number of nitrogens with zero attached hydrogens (tertiary/aromatic N) is 2. The molecule has 1 N–H and O–H groups in total. The number of esters is 1. The number of anilines is 1. The fourth-order valence-electron chi connectivity index (χ4n) is 3.35. The number of carbonyl (C=O) groups is 2. The summed E-state index contributed by atoms with van der Waals surface area (Å²) in [4.78, 5) is 25.7. The molecule has 1 unspecified atom stereocenters. The number of benzene rings is 3. The highest BCUT2D eigenvalue weighted by Gasteiger charge is 2.25. The summed E-state index contributed by atoms with van der Waals surface area (Å²) in [5.41, 5.74) is 3.88. The van der Waals surface area contributed by atoms with E-state index in [2.05, 4.69) is 15.5 Å². The quantitative estimate of drug-likeness (QED) is 0.311. The van der Waals surface area contributed by atoms with E-state index in [0.29, 0.717) is 28.1 Å². The van der Waals surface area contributed by atoms with E-state index in [1.54, 1.807) is 42.5 Å². The molecule has 4 aromatic rings. The van der Waals surface area contributed by atoms with Gasteiger partial charge in [-0.05, 0) is 43.7 Å². The highest BCUT2D eigenvalue weighted by molar-refractivity contribution is 6.31. The first kappa shape index (κ1) is 24.2. The molecule has 4 rings (SSSR count). The van der Waals surface area contributed by atoms with Gasteiger partial charge in [0.15, 0.2) is 0 Å². The standard InChI is InChI=1S/C27H24ClN3O4/c1-17-8-11-20(12-9-17)27-31-30-23(34-27)14-15-24(32)35-25(19-6-4-3-5-7-19)26(33)29-21-13-10-18(2)22(28)16-21/h3-13,16,25H,14-15H2,1-2H3,(H,29,33). The average molecular weight is 490 g/mol. The average Bonchev–Trinajstić information content (AvgIpc) is 3.33. The molecule has 0 aliphatic carbocycles. The van der Waals surface area contributed by atoms with E-state index < -0.39 is 18.0 Å². The van der Waals surface area contributed by atoms with Gasteiger partial charge in [-0.3, -0.25) is 9.59 Å². The van der Waals surface area contributed by atoms with Crippen molar-refractivity contribution in [3.8, 4) is 11.5 Å². The molecule has 3 aromatic carbocycles. The van der Waals surface area contributed by atoms with E-state index in [1.165, 1.54) is 0 Å². The summed E-state index contributed by atoms with van der Waals surface area (Å²) in [7, 11) is 0. The normalized spacial score (nSPS) is 11.6. The number of hydrogen-bond donors (Lipinski definition) is 1. The van der Waals surface area contributed by atoms with Crippen LogP contribution in [0.2, 0.25) is 5.02 Å². The summed E-state index contributed by atoms with van der Waals surface area (Å²) in [6, 6.07) is 21.7. The molecule has 0 saturated heterocycles. The minimum atomic E-state index is -1.13. The molecule has 0 fully saturated rings. The van der Waals surface area contributed by atoms with E-state index in [-0.39, 0.29) is 12.8 Å². The lowest BCUT2D eigenvalue weighted by Gasteiger charge is -2.18. The topological polar surface area (TPSA) is 94.3 Å². The van der Waals surface area contributed by atoms with E-state index in [0.717, 1.165) is 16.7 Å². The zero-order chi connectivity index (χ0) is 24.8. The van der Waals surface area contributed by atoms with Gasteiger partial charge in [-0.15, -0.1) is 10.2 Å². The van der Waals surface area contributed by atoms with E-state index in [4.69, 9.17) is 20.8 Å². The van der Waals surface area contributed by atoms with Crippen LogP contribution < -0.4 is 5.32 Å². The summed E-state index contributed by atoms with van der Waals surface area (Å²) in [6.45, 7) is 3.86. The second kappa shape index (κ2) is 11.0. The van der Waals surface area contributed by atoms with Crippen LogP contribution in [0.25, 0.3) is 11.5 Å². The third-order valence-electron chi connectivity index (χ3n) is 5.34. The largest absolute Gasteiger partial charge is 0.447 e. The number of ether oxygens (including phenoxy) is 1. The molecule has 1 aromatic heterocycles. The van der Waals surface area contributed by atoms with Crippen molar-refractivity contribution in [2.75, 3.05) is 5.32 Å². The highest BCUT2D eigenvalue weighted by atomic mass is 35.5. The van der Waals surface area contributed by atoms with E-state index >= 15 is 0 Å². The molecule has 0 bridgehead atoms. The van der Waals surface area contributed by atoms with Gasteiger partial charge in [-0.2, -0.15) is 0 Å². The van der Waals surface area contributed by atoms with Crippen molar-refractivity contribution in [1.29, 1.82) is 0 Å². The summed E-state index contributed by atoms with van der Waals surface area (Å²) in [5.74, 6) is -0.353. The van der Waals surface area contributed by atoms with Crippen LogP contribution in [-0.4, -0.2) is 22.1 Å². The van der Waals surface area contributed by atoms with Gasteiger partial charge in [-0.1, -0.05) is 65.7 Å². The molecule has 0 aliphatic rings. The van der Waals surface area contributed by atoms with Crippen molar-refractivity contribution in [2.24, 2.45) is 0 Å². The lowest BCUT2D eigenvalue weighted by atomic mass is 10.1. The fourth-order valence-corrected chi connectivity index (χ4v) is 3.53. The van der Waals surface area contributed by atoms with Crippen molar-refractivity contribution >= 4 is 29.2 Å². The van der Waals surface area contributed by atoms with Gasteiger partial charge in [-0.25, -0.2) is 0 Å². The molecule has 178 valence electrons. The number of rotatable bonds is 8. The molecule has 0 aliphatic heterocycles. The number of nitrogens with one attached hydrogen (secondary N) is 1. The zero-order valence-corrected chi connectivity index (χ0v) is 20.1. The van der Waals surface area contributed by atoms with Gasteiger partial charge >= 0.3 is 5.97 Å². The van der Waals surface area contributed by atoms with Crippen molar-refractivity contribution in [2.45, 2.75) is 32.8 Å². The van der Waals surface area contributed by atoms with E-state index in [9.17, 15) is 9.59 Å². The highest BCUT2D eigenvalue weighted by Crippen LogP contribution is 2.24. The maximum atomic E-state index is 13.0. The number of carbonyl (C=O) groups excluding carboxylic acids is 2. The Labute approximate surface area is 208 Å². The summed E-state index contributed by atoms with van der Waals surface area (Å²) in [6.07, 6.45) is -0.966. The Bertz CT molecular complexity index is 1320. The molecular formula is C27H24ClN3O4. The Morgan fingerprint density at radius 2 is 1.74 bits per heavy atom. The molecule has 0 saturated carbocycles. The van der Waals surface area contributed by atoms with Crippen molar-refractivity contribution in [1.82, 2.24) is 10.2 Å². The maximum Gasteiger partial charge on any atom is 0.307 e. The van der Waals surface area contributed by atoms with Crippen LogP contribution in [-0.2, 0) is 20.7 Å². The van der Waals surface area contributed by atoms with Crippen LogP contribution in [0.1, 0.15) is 35.1 Å². The minimum absolute atomic E-state index is 0.0253. The van der Waals surface area contributed by atoms with Crippen LogP contribution in [0.3, 0.4) is 0 Å². The lowest BCUT2D eigenvalue weighted by Crippen LogP contribution is -2.26. The number of aryl methyl sites for hydroxylation is 3. The maximum absolute atomic E-state index is 13.0. The molecule has 7 nitrogen and oxygen atoms in total. The molecule has 1 atom stereocenters. The van der Waals surface area contributed by atoms with Gasteiger partial charge < -0.3 is 14.5 Å². The number of amides is 1. The zero-order valence-electron chi connectivity index (χ0n) is 19.3. The first-order valence-corrected chi connectivity index (χ1v) is 11.5. The van der Waals surface area contributed by atoms with Crippen molar-refractivity contribution < 1.29 is 18.7 Å². The van der Waals surface area contributed by atoms with Crippen LogP contribution in [0.5, 0.6) is 0 Å². The smallest absolute Gasteiger partial charge is 0.307 e. The third kappa shape index (κ3) is 6.33. The lowest BCUT2D eigenvalue weighted by molar-refractivity contribution is -0.154. The second-order valence-corrected chi connectivity index (χ2v) is 8.51. The second-order valence-electron chi connectivity index (χ2n) is 8.10. The monoisotopic (exact) mass is 489 g/mol. The molecular weight excluding hydrogens is 466 g/mol. The predicted octanol–water partition coefficient (Wildman–Crippen LogP) is 5.86. The Morgan fingerprint density at radius 3 is 2.46 bits per heavy atom. The third-order valence-corrected chi connectivity index (χ3v) is 5.74. The number of hydrogen-bond acceptors (Lipinski definition) is 6. The molecule has 0 radical (unpaired) electrons. The Balaban J connectivity index is 1.41. The van der Waals surface area contributed by atoms with Gasteiger partial charge in [0.05, 0.1) is 6.42 Å². The van der Waals surface area contributed by atoms with Crippen LogP contribution in [0.15, 0.2) is 77.2 Å². The number of halogens is 1. The Kier molecular flexibility index (Phi) is 7.57. The Morgan fingerprint density at radius 1 is 1.00 bits per heavy atom. The summed E-state index contributed by atoms with van der Waals surface area (Å²) in [5, 5.41) is 11.4. The minimum Gasteiger partial charge on any atom is -0.447 e. The van der Waals surface area contributed by atoms with Crippen LogP contribution >= 0.6 is 11.6 Å². The molecule has 35 heavy (non-hydrogen) atoms. The van der Waals surface area contributed by atoms with Gasteiger partial charge in [0.1, 0.15) is 0 Å². The first-order chi connectivity index (χ1) is 16.9. The van der Waals surface area contributed by atoms with Crippen LogP contribution in [0.4, 0.5) is 5.69 Å². The molecule has 1 amide bonds. The van der Waals surface area contributed by atoms with Crippen LogP contribution in [0, 0.1) is 13.8 Å². The summed E-state index contributed by atoms with van der Waals surface area (Å²) >= 11 is 6.17. The van der Waals surface area contributed by atoms with Gasteiger partial charge in [0.2, 0.25) is 17.9 Å². The number of aromatic nitrogens is 2. The SMILES string of the molecule is Cc1ccc(-c2nnc(CCC(=O)OC(C(=O)Nc3ccc(C)c(Cl)c3)c3ccccc3)o2)cc1. The molecule has 1 heterocycles. The van der Waals surface area contributed by atoms with Crippen molar-refractivity contribution in [3.05, 3.63) is 100 Å². The predicted molar refractivity (Wildman–Crippen MR) is 133 cm³/mol.